The van der Waals surface area contributed by atoms with E-state index >= 15 is 0 Å². The highest BCUT2D eigenvalue weighted by atomic mass is 32.2. The summed E-state index contributed by atoms with van der Waals surface area (Å²) in [5, 5.41) is 0. The average molecular weight is 377 g/mol. The minimum atomic E-state index is -3.39. The van der Waals surface area contributed by atoms with Crippen molar-refractivity contribution in [1.82, 2.24) is 9.21 Å². The zero-order chi connectivity index (χ0) is 17.7. The first-order valence-electron chi connectivity index (χ1n) is 8.50. The monoisotopic (exact) mass is 376 g/mol. The second-order valence-electron chi connectivity index (χ2n) is 6.16. The molecule has 0 bridgehead atoms. The van der Waals surface area contributed by atoms with Gasteiger partial charge >= 0.3 is 0 Å². The summed E-state index contributed by atoms with van der Waals surface area (Å²) < 4.78 is 27.3. The van der Waals surface area contributed by atoms with Gasteiger partial charge in [0.15, 0.2) is 0 Å². The molecule has 2 aromatic carbocycles. The Labute approximate surface area is 154 Å². The van der Waals surface area contributed by atoms with Gasteiger partial charge in [0.1, 0.15) is 0 Å². The van der Waals surface area contributed by atoms with Crippen LogP contribution in [0.2, 0.25) is 0 Å². The third kappa shape index (κ3) is 4.64. The smallest absolute Gasteiger partial charge is 0.243 e. The van der Waals surface area contributed by atoms with Crippen LogP contribution in [0, 0.1) is 0 Å². The quantitative estimate of drug-likeness (QED) is 0.727. The van der Waals surface area contributed by atoms with Gasteiger partial charge in [-0.25, -0.2) is 8.42 Å². The van der Waals surface area contributed by atoms with E-state index in [1.807, 2.05) is 24.5 Å². The molecule has 0 unspecified atom stereocenters. The standard InChI is InChI=1S/C19H24N2O2S2/c1-24-18-8-5-9-19(16-18)25(22,23)21-14-12-20(13-15-21)11-10-17-6-3-2-4-7-17/h2-9,16H,10-15H2,1H3. The number of rotatable bonds is 6. The van der Waals surface area contributed by atoms with Crippen molar-refractivity contribution in [2.75, 3.05) is 39.0 Å². The van der Waals surface area contributed by atoms with Crippen LogP contribution in [0.4, 0.5) is 0 Å². The van der Waals surface area contributed by atoms with Crippen LogP contribution in [-0.2, 0) is 16.4 Å². The molecule has 1 heterocycles. The lowest BCUT2D eigenvalue weighted by Gasteiger charge is -2.34. The minimum absolute atomic E-state index is 0.400. The summed E-state index contributed by atoms with van der Waals surface area (Å²) in [4.78, 5) is 3.72. The third-order valence-corrected chi connectivity index (χ3v) is 7.19. The number of benzene rings is 2. The number of nitrogens with zero attached hydrogens (tertiary/aromatic N) is 2. The molecule has 0 aliphatic carbocycles. The van der Waals surface area contributed by atoms with Gasteiger partial charge < -0.3 is 4.90 Å². The fourth-order valence-corrected chi connectivity index (χ4v) is 5.04. The van der Waals surface area contributed by atoms with E-state index in [9.17, 15) is 8.42 Å². The van der Waals surface area contributed by atoms with Gasteiger partial charge in [0, 0.05) is 37.6 Å². The summed E-state index contributed by atoms with van der Waals surface area (Å²) in [6.45, 7) is 3.66. The van der Waals surface area contributed by atoms with Crippen molar-refractivity contribution in [3.8, 4) is 0 Å². The van der Waals surface area contributed by atoms with Crippen LogP contribution in [0.3, 0.4) is 0 Å². The average Bonchev–Trinajstić information content (AvgIpc) is 2.67. The van der Waals surface area contributed by atoms with Gasteiger partial charge in [0.2, 0.25) is 10.0 Å². The topological polar surface area (TPSA) is 40.6 Å². The second kappa shape index (κ2) is 8.36. The van der Waals surface area contributed by atoms with Crippen LogP contribution >= 0.6 is 11.8 Å². The summed E-state index contributed by atoms with van der Waals surface area (Å²) in [5.74, 6) is 0. The summed E-state index contributed by atoms with van der Waals surface area (Å²) in [5.41, 5.74) is 1.33. The Morgan fingerprint density at radius 3 is 2.36 bits per heavy atom. The van der Waals surface area contributed by atoms with Gasteiger partial charge in [-0.1, -0.05) is 36.4 Å². The highest BCUT2D eigenvalue weighted by molar-refractivity contribution is 7.98. The molecule has 0 spiro atoms. The summed E-state index contributed by atoms with van der Waals surface area (Å²) in [6.07, 6.45) is 2.96. The number of piperazine rings is 1. The molecule has 3 rings (SSSR count). The Hall–Kier alpha value is -1.34. The Balaban J connectivity index is 1.57. The minimum Gasteiger partial charge on any atom is -0.300 e. The van der Waals surface area contributed by atoms with Crippen LogP contribution in [0.1, 0.15) is 5.56 Å². The van der Waals surface area contributed by atoms with Gasteiger partial charge in [-0.15, -0.1) is 11.8 Å². The van der Waals surface area contributed by atoms with Crippen molar-refractivity contribution < 1.29 is 8.42 Å². The zero-order valence-corrected chi connectivity index (χ0v) is 16.1. The summed E-state index contributed by atoms with van der Waals surface area (Å²) >= 11 is 1.56. The molecule has 6 heteroatoms. The van der Waals surface area contributed by atoms with Crippen LogP contribution in [0.5, 0.6) is 0 Å². The largest absolute Gasteiger partial charge is 0.300 e. The van der Waals surface area contributed by atoms with E-state index in [0.717, 1.165) is 31.0 Å². The van der Waals surface area contributed by atoms with Gasteiger partial charge in [0.25, 0.3) is 0 Å². The molecule has 25 heavy (non-hydrogen) atoms. The lowest BCUT2D eigenvalue weighted by atomic mass is 10.1. The SMILES string of the molecule is CSc1cccc(S(=O)(=O)N2CCN(CCc3ccccc3)CC2)c1. The van der Waals surface area contributed by atoms with Gasteiger partial charge in [-0.2, -0.15) is 4.31 Å². The number of hydrogen-bond acceptors (Lipinski definition) is 4. The molecule has 1 aliphatic heterocycles. The maximum Gasteiger partial charge on any atom is 0.243 e. The zero-order valence-electron chi connectivity index (χ0n) is 14.5. The molecule has 0 amide bonds. The lowest BCUT2D eigenvalue weighted by molar-refractivity contribution is 0.190. The highest BCUT2D eigenvalue weighted by Crippen LogP contribution is 2.22. The molecule has 134 valence electrons. The van der Waals surface area contributed by atoms with Crippen molar-refractivity contribution in [3.05, 3.63) is 60.2 Å². The maximum absolute atomic E-state index is 12.8. The van der Waals surface area contributed by atoms with E-state index in [4.69, 9.17) is 0 Å². The molecule has 0 aromatic heterocycles. The lowest BCUT2D eigenvalue weighted by Crippen LogP contribution is -2.49. The fourth-order valence-electron chi connectivity index (χ4n) is 3.04. The Bertz CT molecular complexity index is 786. The molecular formula is C19H24N2O2S2. The first-order valence-corrected chi connectivity index (χ1v) is 11.2. The van der Waals surface area contributed by atoms with E-state index < -0.39 is 10.0 Å². The first kappa shape index (κ1) is 18.5. The normalized spacial score (nSPS) is 16.8. The summed E-state index contributed by atoms with van der Waals surface area (Å²) in [7, 11) is -3.39. The van der Waals surface area contributed by atoms with Crippen LogP contribution in [0.25, 0.3) is 0 Å². The van der Waals surface area contributed by atoms with E-state index in [1.54, 1.807) is 28.2 Å². The Morgan fingerprint density at radius 2 is 1.68 bits per heavy atom. The summed E-state index contributed by atoms with van der Waals surface area (Å²) in [6, 6.07) is 17.6. The van der Waals surface area contributed by atoms with E-state index in [-0.39, 0.29) is 0 Å². The van der Waals surface area contributed by atoms with Gasteiger partial charge in [-0.3, -0.25) is 0 Å². The first-order chi connectivity index (χ1) is 12.1. The number of thioether (sulfide) groups is 1. The molecule has 0 radical (unpaired) electrons. The van der Waals surface area contributed by atoms with Crippen LogP contribution < -0.4 is 0 Å². The molecule has 1 saturated heterocycles. The predicted molar refractivity (Wildman–Crippen MR) is 104 cm³/mol. The predicted octanol–water partition coefficient (Wildman–Crippen LogP) is 2.96. The fraction of sp³-hybridized carbons (Fsp3) is 0.368. The van der Waals surface area contributed by atoms with Crippen molar-refractivity contribution in [1.29, 1.82) is 0 Å². The molecule has 2 aromatic rings. The molecule has 0 atom stereocenters. The Kier molecular flexibility index (Phi) is 6.17. The van der Waals surface area contributed by atoms with Crippen molar-refractivity contribution in [2.45, 2.75) is 16.2 Å². The van der Waals surface area contributed by atoms with Crippen molar-refractivity contribution in [2.24, 2.45) is 0 Å². The Morgan fingerprint density at radius 1 is 0.960 bits per heavy atom. The second-order valence-corrected chi connectivity index (χ2v) is 8.98. The highest BCUT2D eigenvalue weighted by Gasteiger charge is 2.28. The number of sulfonamides is 1. The van der Waals surface area contributed by atoms with Crippen molar-refractivity contribution >= 4 is 21.8 Å². The molecule has 1 fully saturated rings. The van der Waals surface area contributed by atoms with Crippen LogP contribution in [-0.4, -0.2) is 56.6 Å². The van der Waals surface area contributed by atoms with Crippen LogP contribution in [0.15, 0.2) is 64.4 Å². The number of hydrogen-bond donors (Lipinski definition) is 0. The molecule has 0 N–H and O–H groups in total. The molecular weight excluding hydrogens is 352 g/mol. The van der Waals surface area contributed by atoms with E-state index in [0.29, 0.717) is 18.0 Å². The van der Waals surface area contributed by atoms with E-state index in [2.05, 4.69) is 29.2 Å². The third-order valence-electron chi connectivity index (χ3n) is 4.57. The van der Waals surface area contributed by atoms with Gasteiger partial charge in [-0.05, 0) is 36.4 Å². The molecule has 0 saturated carbocycles. The van der Waals surface area contributed by atoms with Crippen molar-refractivity contribution in [3.63, 3.8) is 0 Å². The molecule has 1 aliphatic rings. The molecule has 4 nitrogen and oxygen atoms in total. The van der Waals surface area contributed by atoms with E-state index in [1.165, 1.54) is 5.56 Å². The maximum atomic E-state index is 12.8. The van der Waals surface area contributed by atoms with Gasteiger partial charge in [0.05, 0.1) is 4.90 Å².